The van der Waals surface area contributed by atoms with Gasteiger partial charge in [0, 0.05) is 12.6 Å². The van der Waals surface area contributed by atoms with Crippen LogP contribution in [0.3, 0.4) is 0 Å². The van der Waals surface area contributed by atoms with Gasteiger partial charge in [-0.25, -0.2) is 4.68 Å². The van der Waals surface area contributed by atoms with Crippen molar-refractivity contribution in [2.75, 3.05) is 5.73 Å². The van der Waals surface area contributed by atoms with Gasteiger partial charge in [0.2, 0.25) is 0 Å². The molecule has 0 saturated carbocycles. The van der Waals surface area contributed by atoms with Crippen LogP contribution in [0.4, 0.5) is 5.69 Å². The van der Waals surface area contributed by atoms with Gasteiger partial charge in [0.15, 0.2) is 0 Å². The average Bonchev–Trinajstić information content (AvgIpc) is 1.95. The Labute approximate surface area is 64.6 Å². The molecule has 1 aromatic rings. The lowest BCUT2D eigenvalue weighted by atomic mass is 10.4. The molecule has 0 unspecified atom stereocenters. The van der Waals surface area contributed by atoms with Crippen molar-refractivity contribution in [1.29, 1.82) is 0 Å². The van der Waals surface area contributed by atoms with Gasteiger partial charge in [-0.1, -0.05) is 6.92 Å². The summed E-state index contributed by atoms with van der Waals surface area (Å²) in [4.78, 5) is 11.1. The van der Waals surface area contributed by atoms with Crippen molar-refractivity contribution in [1.82, 2.24) is 9.78 Å². The Hall–Kier alpha value is -1.32. The SMILES string of the molecule is CCCn1ncc(N)cc1=O. The molecule has 0 aromatic carbocycles. The number of hydrogen-bond acceptors (Lipinski definition) is 3. The maximum Gasteiger partial charge on any atom is 0.268 e. The fourth-order valence-corrected chi connectivity index (χ4v) is 0.827. The van der Waals surface area contributed by atoms with Crippen LogP contribution in [-0.2, 0) is 6.54 Å². The molecule has 11 heavy (non-hydrogen) atoms. The summed E-state index contributed by atoms with van der Waals surface area (Å²) in [6, 6.07) is 1.38. The molecule has 0 aliphatic heterocycles. The number of nitrogens with zero attached hydrogens (tertiary/aromatic N) is 2. The van der Waals surface area contributed by atoms with Gasteiger partial charge in [-0.15, -0.1) is 0 Å². The Morgan fingerprint density at radius 2 is 2.45 bits per heavy atom. The first-order valence-corrected chi connectivity index (χ1v) is 3.56. The zero-order chi connectivity index (χ0) is 8.27. The van der Waals surface area contributed by atoms with Crippen molar-refractivity contribution >= 4 is 5.69 Å². The van der Waals surface area contributed by atoms with E-state index in [2.05, 4.69) is 5.10 Å². The Bertz CT molecular complexity index is 292. The Morgan fingerprint density at radius 3 is 3.00 bits per heavy atom. The molecule has 0 atom stereocenters. The first-order chi connectivity index (χ1) is 5.24. The smallest absolute Gasteiger partial charge is 0.268 e. The van der Waals surface area contributed by atoms with Crippen LogP contribution in [-0.4, -0.2) is 9.78 Å². The Balaban J connectivity index is 3.00. The number of nitrogens with two attached hydrogens (primary N) is 1. The van der Waals surface area contributed by atoms with Crippen molar-refractivity contribution in [3.05, 3.63) is 22.6 Å². The molecule has 2 N–H and O–H groups in total. The van der Waals surface area contributed by atoms with Crippen LogP contribution in [0.1, 0.15) is 13.3 Å². The second kappa shape index (κ2) is 3.18. The third kappa shape index (κ3) is 1.80. The highest BCUT2D eigenvalue weighted by molar-refractivity contribution is 5.31. The topological polar surface area (TPSA) is 60.9 Å². The number of aryl methyl sites for hydroxylation is 1. The molecule has 1 rings (SSSR count). The summed E-state index contributed by atoms with van der Waals surface area (Å²) in [7, 11) is 0. The molecular formula is C7H11N3O. The Morgan fingerprint density at radius 1 is 1.73 bits per heavy atom. The third-order valence-corrected chi connectivity index (χ3v) is 1.33. The maximum absolute atomic E-state index is 11.1. The summed E-state index contributed by atoms with van der Waals surface area (Å²) < 4.78 is 1.40. The minimum Gasteiger partial charge on any atom is -0.397 e. The predicted molar refractivity (Wildman–Crippen MR) is 43.2 cm³/mol. The number of aromatic nitrogens is 2. The highest BCUT2D eigenvalue weighted by Gasteiger charge is 1.94. The lowest BCUT2D eigenvalue weighted by Gasteiger charge is -2.00. The highest BCUT2D eigenvalue weighted by atomic mass is 16.1. The molecular weight excluding hydrogens is 142 g/mol. The lowest BCUT2D eigenvalue weighted by molar-refractivity contribution is 0.569. The van der Waals surface area contributed by atoms with Crippen molar-refractivity contribution in [2.24, 2.45) is 0 Å². The molecule has 0 bridgehead atoms. The normalized spacial score (nSPS) is 9.91. The van der Waals surface area contributed by atoms with Crippen LogP contribution in [0.5, 0.6) is 0 Å². The van der Waals surface area contributed by atoms with Gasteiger partial charge in [-0.3, -0.25) is 4.79 Å². The van der Waals surface area contributed by atoms with E-state index in [1.54, 1.807) is 0 Å². The molecule has 0 amide bonds. The standard InChI is InChI=1S/C7H11N3O/c1-2-3-10-7(11)4-6(8)5-9-10/h4-5H,2-3,8H2,1H3. The molecule has 1 heterocycles. The van der Waals surface area contributed by atoms with Crippen LogP contribution < -0.4 is 11.3 Å². The molecule has 0 saturated heterocycles. The molecule has 4 nitrogen and oxygen atoms in total. The molecule has 4 heteroatoms. The number of anilines is 1. The Kier molecular flexibility index (Phi) is 2.25. The van der Waals surface area contributed by atoms with Crippen LogP contribution in [0.2, 0.25) is 0 Å². The molecule has 0 aliphatic carbocycles. The average molecular weight is 153 g/mol. The van der Waals surface area contributed by atoms with Gasteiger partial charge in [0.25, 0.3) is 5.56 Å². The van der Waals surface area contributed by atoms with E-state index in [1.807, 2.05) is 6.92 Å². The quantitative estimate of drug-likeness (QED) is 0.661. The summed E-state index contributed by atoms with van der Waals surface area (Å²) in [5.74, 6) is 0. The van der Waals surface area contributed by atoms with Gasteiger partial charge >= 0.3 is 0 Å². The van der Waals surface area contributed by atoms with Crippen molar-refractivity contribution in [2.45, 2.75) is 19.9 Å². The summed E-state index contributed by atoms with van der Waals surface area (Å²) in [6.07, 6.45) is 2.38. The van der Waals surface area contributed by atoms with Gasteiger partial charge in [0.05, 0.1) is 11.9 Å². The second-order valence-electron chi connectivity index (χ2n) is 2.35. The van der Waals surface area contributed by atoms with Crippen LogP contribution >= 0.6 is 0 Å². The summed E-state index contributed by atoms with van der Waals surface area (Å²) >= 11 is 0. The van der Waals surface area contributed by atoms with E-state index >= 15 is 0 Å². The largest absolute Gasteiger partial charge is 0.397 e. The molecule has 0 aliphatic rings. The lowest BCUT2D eigenvalue weighted by Crippen LogP contribution is -2.21. The van der Waals surface area contributed by atoms with E-state index in [-0.39, 0.29) is 5.56 Å². The predicted octanol–water partition coefficient (Wildman–Crippen LogP) is 0.236. The molecule has 0 radical (unpaired) electrons. The van der Waals surface area contributed by atoms with Crippen LogP contribution in [0.25, 0.3) is 0 Å². The van der Waals surface area contributed by atoms with Gasteiger partial charge < -0.3 is 5.73 Å². The fourth-order valence-electron chi connectivity index (χ4n) is 0.827. The molecule has 60 valence electrons. The minimum atomic E-state index is -0.133. The van der Waals surface area contributed by atoms with Gasteiger partial charge in [-0.2, -0.15) is 5.10 Å². The molecule has 1 aromatic heterocycles. The third-order valence-electron chi connectivity index (χ3n) is 1.33. The minimum absolute atomic E-state index is 0.133. The monoisotopic (exact) mass is 153 g/mol. The number of nitrogen functional groups attached to an aromatic ring is 1. The zero-order valence-corrected chi connectivity index (χ0v) is 6.45. The van der Waals surface area contributed by atoms with Crippen LogP contribution in [0, 0.1) is 0 Å². The van der Waals surface area contributed by atoms with Crippen molar-refractivity contribution in [3.63, 3.8) is 0 Å². The van der Waals surface area contributed by atoms with E-state index in [4.69, 9.17) is 5.73 Å². The van der Waals surface area contributed by atoms with E-state index < -0.39 is 0 Å². The molecule has 0 fully saturated rings. The summed E-state index contributed by atoms with van der Waals surface area (Å²) in [6.45, 7) is 2.64. The fraction of sp³-hybridized carbons (Fsp3) is 0.429. The molecule has 0 spiro atoms. The zero-order valence-electron chi connectivity index (χ0n) is 6.45. The number of hydrogen-bond donors (Lipinski definition) is 1. The van der Waals surface area contributed by atoms with E-state index in [1.165, 1.54) is 16.9 Å². The second-order valence-corrected chi connectivity index (χ2v) is 2.35. The summed E-state index contributed by atoms with van der Waals surface area (Å²) in [5.41, 5.74) is 5.63. The van der Waals surface area contributed by atoms with E-state index in [9.17, 15) is 4.79 Å². The first kappa shape index (κ1) is 7.78. The summed E-state index contributed by atoms with van der Waals surface area (Å²) in [5, 5.41) is 3.85. The van der Waals surface area contributed by atoms with E-state index in [0.717, 1.165) is 6.42 Å². The maximum atomic E-state index is 11.1. The number of rotatable bonds is 2. The van der Waals surface area contributed by atoms with Gasteiger partial charge in [-0.05, 0) is 6.42 Å². The van der Waals surface area contributed by atoms with Crippen LogP contribution in [0.15, 0.2) is 17.1 Å². The van der Waals surface area contributed by atoms with Crippen molar-refractivity contribution in [3.8, 4) is 0 Å². The van der Waals surface area contributed by atoms with Gasteiger partial charge in [0.1, 0.15) is 0 Å². The van der Waals surface area contributed by atoms with E-state index in [0.29, 0.717) is 12.2 Å². The highest BCUT2D eigenvalue weighted by Crippen LogP contribution is 1.90. The first-order valence-electron chi connectivity index (χ1n) is 3.56. The van der Waals surface area contributed by atoms with Crippen molar-refractivity contribution < 1.29 is 0 Å².